The van der Waals surface area contributed by atoms with Gasteiger partial charge in [0.25, 0.3) is 5.91 Å². The van der Waals surface area contributed by atoms with Crippen molar-refractivity contribution in [1.29, 1.82) is 0 Å². The van der Waals surface area contributed by atoms with Gasteiger partial charge in [-0.15, -0.1) is 0 Å². The lowest BCUT2D eigenvalue weighted by Crippen LogP contribution is -2.30. The van der Waals surface area contributed by atoms with Crippen molar-refractivity contribution >= 4 is 60.7 Å². The Labute approximate surface area is 264 Å². The number of anilines is 1. The van der Waals surface area contributed by atoms with Gasteiger partial charge in [-0.05, 0) is 95.3 Å². The predicted octanol–water partition coefficient (Wildman–Crippen LogP) is 5.41. The molecule has 0 radical (unpaired) electrons. The molecule has 1 aliphatic heterocycles. The molecule has 2 aromatic heterocycles. The molecule has 1 unspecified atom stereocenters. The first kappa shape index (κ1) is 30.1. The topological polar surface area (TPSA) is 99.3 Å². The minimum Gasteiger partial charge on any atom is -0.451 e. The van der Waals surface area contributed by atoms with Gasteiger partial charge in [-0.25, -0.2) is 4.39 Å². The third-order valence-corrected chi connectivity index (χ3v) is 9.49. The van der Waals surface area contributed by atoms with E-state index in [0.29, 0.717) is 46.5 Å². The Hall–Kier alpha value is -4.54. The quantitative estimate of drug-likeness (QED) is 0.120. The number of hydrogen-bond donors (Lipinski definition) is 2. The predicted molar refractivity (Wildman–Crippen MR) is 182 cm³/mol. The Bertz CT molecular complexity index is 2240. The van der Waals surface area contributed by atoms with Gasteiger partial charge in [-0.3, -0.25) is 14.4 Å². The molecule has 2 N–H and O–H groups in total. The van der Waals surface area contributed by atoms with Crippen molar-refractivity contribution in [1.82, 2.24) is 19.5 Å². The van der Waals surface area contributed by atoms with E-state index < -0.39 is 17.2 Å². The molecule has 0 bridgehead atoms. The third kappa shape index (κ3) is 5.15. The molecule has 46 heavy (non-hydrogen) atoms. The molecule has 1 saturated heterocycles. The van der Waals surface area contributed by atoms with Crippen LogP contribution in [-0.4, -0.2) is 73.5 Å². The normalized spacial score (nSPS) is 15.8. The standard InChI is InChI=1S/C36H38FN5O4/c1-40(2)15-7-6-13-39-36(45)27-20-42-29-18-24-22-10-4-5-11-23(22)33(43)25(24)19-30(29)46-35-31(28(37)17-26(32(35)42)34(27)44)38-14-12-21-9-8-16-41(21)3/h4-5,10-11,17-21,38H,6-9,12-16H2,1-3H3,(H,39,45). The molecule has 7 rings (SSSR count). The van der Waals surface area contributed by atoms with Crippen molar-refractivity contribution in [2.75, 3.05) is 52.6 Å². The summed E-state index contributed by atoms with van der Waals surface area (Å²) >= 11 is 0. The van der Waals surface area contributed by atoms with Crippen LogP contribution >= 0.6 is 0 Å². The highest BCUT2D eigenvalue weighted by Gasteiger charge is 2.25. The minimum atomic E-state index is -0.639. The summed E-state index contributed by atoms with van der Waals surface area (Å²) in [6, 6.07) is 12.6. The summed E-state index contributed by atoms with van der Waals surface area (Å²) in [6.07, 6.45) is 6.23. The number of likely N-dealkylation sites (tertiary alicyclic amines) is 1. The lowest BCUT2D eigenvalue weighted by Gasteiger charge is -2.20. The number of pyridine rings is 1. The summed E-state index contributed by atoms with van der Waals surface area (Å²) in [4.78, 5) is 45.0. The molecule has 9 nitrogen and oxygen atoms in total. The first-order valence-electron chi connectivity index (χ1n) is 16.0. The van der Waals surface area contributed by atoms with E-state index >= 15 is 4.39 Å². The monoisotopic (exact) mass is 623 g/mol. The Kier molecular flexibility index (Phi) is 7.86. The Balaban J connectivity index is 1.40. The average molecular weight is 624 g/mol. The van der Waals surface area contributed by atoms with Crippen molar-refractivity contribution < 1.29 is 13.6 Å². The third-order valence-electron chi connectivity index (χ3n) is 9.49. The van der Waals surface area contributed by atoms with Gasteiger partial charge in [0.15, 0.2) is 22.4 Å². The van der Waals surface area contributed by atoms with E-state index in [2.05, 4.69) is 27.5 Å². The van der Waals surface area contributed by atoms with Gasteiger partial charge in [-0.1, -0.05) is 24.3 Å². The molecule has 0 aliphatic carbocycles. The van der Waals surface area contributed by atoms with Gasteiger partial charge in [0, 0.05) is 36.1 Å². The molecule has 4 aromatic carbocycles. The SMILES string of the molecule is CN(C)CCCCNC(=O)c1cn2c3cc4c(cc3oc3c(NCCC5CCCN5C)c(F)cc(c1=O)c32)c(=O)c1ccccc14. The number of aromatic nitrogens is 1. The zero-order valence-corrected chi connectivity index (χ0v) is 26.4. The number of hydrogen-bond acceptors (Lipinski definition) is 7. The summed E-state index contributed by atoms with van der Waals surface area (Å²) in [5, 5.41) is 8.82. The van der Waals surface area contributed by atoms with Crippen LogP contribution in [0.15, 0.2) is 62.7 Å². The number of carbonyl (C=O) groups is 1. The summed E-state index contributed by atoms with van der Waals surface area (Å²) in [5.74, 6) is -1.15. The number of rotatable bonds is 10. The first-order chi connectivity index (χ1) is 22.2. The summed E-state index contributed by atoms with van der Waals surface area (Å²) in [6.45, 7) is 2.86. The first-order valence-corrected chi connectivity index (χ1v) is 16.0. The Morgan fingerprint density at radius 3 is 2.57 bits per heavy atom. The van der Waals surface area contributed by atoms with Crippen LogP contribution in [0.25, 0.3) is 49.1 Å². The van der Waals surface area contributed by atoms with Crippen LogP contribution in [0.1, 0.15) is 42.5 Å². The summed E-state index contributed by atoms with van der Waals surface area (Å²) in [5.41, 5.74) is 0.839. The molecular weight excluding hydrogens is 585 g/mol. The number of amides is 1. The second kappa shape index (κ2) is 12.0. The van der Waals surface area contributed by atoms with Gasteiger partial charge in [0.2, 0.25) is 5.43 Å². The zero-order chi connectivity index (χ0) is 32.1. The molecule has 1 amide bonds. The Morgan fingerprint density at radius 2 is 1.80 bits per heavy atom. The number of carbonyl (C=O) groups excluding carboxylic acids is 1. The highest BCUT2D eigenvalue weighted by atomic mass is 19.1. The highest BCUT2D eigenvalue weighted by Crippen LogP contribution is 2.36. The lowest BCUT2D eigenvalue weighted by atomic mass is 10.1. The molecule has 1 aliphatic rings. The number of nitrogens with one attached hydrogen (secondary N) is 2. The maximum atomic E-state index is 15.9. The van der Waals surface area contributed by atoms with Gasteiger partial charge in [-0.2, -0.15) is 0 Å². The second-order valence-corrected chi connectivity index (χ2v) is 12.8. The molecule has 1 atom stereocenters. The molecule has 0 saturated carbocycles. The number of nitrogens with zero attached hydrogens (tertiary/aromatic N) is 3. The van der Waals surface area contributed by atoms with E-state index in [1.54, 1.807) is 16.5 Å². The summed E-state index contributed by atoms with van der Waals surface area (Å²) < 4.78 is 24.1. The van der Waals surface area contributed by atoms with Crippen molar-refractivity contribution in [3.05, 3.63) is 80.5 Å². The smallest absolute Gasteiger partial charge is 0.256 e. The molecule has 238 valence electrons. The van der Waals surface area contributed by atoms with E-state index in [4.69, 9.17) is 4.42 Å². The fourth-order valence-electron chi connectivity index (χ4n) is 7.02. The zero-order valence-electron chi connectivity index (χ0n) is 26.4. The highest BCUT2D eigenvalue weighted by molar-refractivity contribution is 6.15. The maximum Gasteiger partial charge on any atom is 0.256 e. The van der Waals surface area contributed by atoms with Crippen molar-refractivity contribution in [3.8, 4) is 0 Å². The van der Waals surface area contributed by atoms with Crippen molar-refractivity contribution in [2.24, 2.45) is 0 Å². The van der Waals surface area contributed by atoms with E-state index in [9.17, 15) is 14.4 Å². The number of unbranched alkanes of at least 4 members (excludes halogenated alkanes) is 1. The number of fused-ring (bicyclic) bond motifs is 5. The van der Waals surface area contributed by atoms with Crippen LogP contribution in [0, 0.1) is 5.82 Å². The van der Waals surface area contributed by atoms with Gasteiger partial charge in [0.05, 0.1) is 10.9 Å². The van der Waals surface area contributed by atoms with Crippen LogP contribution in [0.2, 0.25) is 0 Å². The van der Waals surface area contributed by atoms with Gasteiger partial charge >= 0.3 is 0 Å². The molecule has 3 heterocycles. The molecule has 0 spiro atoms. The summed E-state index contributed by atoms with van der Waals surface area (Å²) in [7, 11) is 6.09. The molecule has 6 aromatic rings. The second-order valence-electron chi connectivity index (χ2n) is 12.8. The van der Waals surface area contributed by atoms with Crippen LogP contribution in [0.4, 0.5) is 10.1 Å². The van der Waals surface area contributed by atoms with Gasteiger partial charge in [0.1, 0.15) is 16.8 Å². The van der Waals surface area contributed by atoms with Crippen LogP contribution in [0.5, 0.6) is 0 Å². The number of halogens is 1. The number of benzene rings is 3. The van der Waals surface area contributed by atoms with Crippen molar-refractivity contribution in [3.63, 3.8) is 0 Å². The average Bonchev–Trinajstić information content (AvgIpc) is 3.57. The van der Waals surface area contributed by atoms with Crippen LogP contribution in [0.3, 0.4) is 0 Å². The fraction of sp³-hybridized carbons (Fsp3) is 0.361. The van der Waals surface area contributed by atoms with Crippen molar-refractivity contribution in [2.45, 2.75) is 38.1 Å². The van der Waals surface area contributed by atoms with E-state index in [-0.39, 0.29) is 27.6 Å². The largest absolute Gasteiger partial charge is 0.451 e. The molecule has 1 fully saturated rings. The van der Waals surface area contributed by atoms with E-state index in [1.165, 1.54) is 12.3 Å². The molecular formula is C36H38FN5O4. The lowest BCUT2D eigenvalue weighted by molar-refractivity contribution is 0.0951. The van der Waals surface area contributed by atoms with Crippen LogP contribution in [-0.2, 0) is 0 Å². The van der Waals surface area contributed by atoms with E-state index in [0.717, 1.165) is 56.0 Å². The van der Waals surface area contributed by atoms with Gasteiger partial charge < -0.3 is 29.3 Å². The molecule has 10 heteroatoms. The Morgan fingerprint density at radius 1 is 1.00 bits per heavy atom. The van der Waals surface area contributed by atoms with E-state index in [1.807, 2.05) is 38.4 Å². The minimum absolute atomic E-state index is 0.0523. The maximum absolute atomic E-state index is 15.9. The van der Waals surface area contributed by atoms with Crippen LogP contribution < -0.4 is 21.5 Å². The fourth-order valence-corrected chi connectivity index (χ4v) is 7.02.